The molecule has 4 nitrogen and oxygen atoms in total. The summed E-state index contributed by atoms with van der Waals surface area (Å²) in [5.41, 5.74) is 16.2. The van der Waals surface area contributed by atoms with Gasteiger partial charge < -0.3 is 17.7 Å². The Bertz CT molecular complexity index is 3300. The molecule has 0 radical (unpaired) electrons. The SMILES string of the molecule is CC1(C)c2cc3c(cc2-c2oc4c(-c5cccc6c5oc5ccccc56)cccc4c21)C(C)(C)c1c-3oc2c(-c3cccc4c3oc3ccccc34)cccc12. The largest absolute Gasteiger partial charge is 0.455 e. The fourth-order valence-corrected chi connectivity index (χ4v) is 10.5. The van der Waals surface area contributed by atoms with E-state index in [0.717, 1.165) is 111 Å². The normalized spacial score (nSPS) is 15.1. The molecule has 56 heavy (non-hydrogen) atoms. The molecule has 2 aliphatic carbocycles. The molecule has 0 spiro atoms. The van der Waals surface area contributed by atoms with Gasteiger partial charge in [0.05, 0.1) is 0 Å². The van der Waals surface area contributed by atoms with E-state index in [2.05, 4.69) is 137 Å². The first-order chi connectivity index (χ1) is 27.3. The molecular weight excluding hydrogens is 689 g/mol. The molecule has 266 valence electrons. The summed E-state index contributed by atoms with van der Waals surface area (Å²) >= 11 is 0. The molecule has 0 bridgehead atoms. The predicted molar refractivity (Wildman–Crippen MR) is 227 cm³/mol. The second-order valence-electron chi connectivity index (χ2n) is 16.7. The average molecular weight is 723 g/mol. The van der Waals surface area contributed by atoms with Gasteiger partial charge in [-0.25, -0.2) is 0 Å². The van der Waals surface area contributed by atoms with Crippen LogP contribution in [-0.4, -0.2) is 0 Å². The Labute approximate surface area is 321 Å². The van der Waals surface area contributed by atoms with Crippen molar-refractivity contribution in [2.75, 3.05) is 0 Å². The molecule has 0 atom stereocenters. The summed E-state index contributed by atoms with van der Waals surface area (Å²) in [5.74, 6) is 1.91. The van der Waals surface area contributed by atoms with Gasteiger partial charge in [0.25, 0.3) is 0 Å². The van der Waals surface area contributed by atoms with Crippen LogP contribution in [0.5, 0.6) is 0 Å². The molecule has 0 unspecified atom stereocenters. The Balaban J connectivity index is 0.998. The third kappa shape index (κ3) is 3.61. The third-order valence-corrected chi connectivity index (χ3v) is 13.1. The zero-order valence-corrected chi connectivity index (χ0v) is 31.3. The van der Waals surface area contributed by atoms with E-state index in [-0.39, 0.29) is 10.8 Å². The van der Waals surface area contributed by atoms with Crippen LogP contribution in [0.15, 0.2) is 151 Å². The minimum atomic E-state index is -0.310. The van der Waals surface area contributed by atoms with Crippen LogP contribution in [0.1, 0.15) is 49.9 Å². The fourth-order valence-electron chi connectivity index (χ4n) is 10.5. The molecular formula is C52H34O4. The Morgan fingerprint density at radius 2 is 0.661 bits per heavy atom. The molecule has 0 fully saturated rings. The lowest BCUT2D eigenvalue weighted by Crippen LogP contribution is -2.17. The van der Waals surface area contributed by atoms with Crippen molar-refractivity contribution in [1.82, 2.24) is 0 Å². The van der Waals surface area contributed by atoms with Gasteiger partial charge >= 0.3 is 0 Å². The number of fused-ring (bicyclic) bond motifs is 16. The number of para-hydroxylation sites is 6. The van der Waals surface area contributed by atoms with E-state index in [1.165, 1.54) is 22.3 Å². The fraction of sp³-hybridized carbons (Fsp3) is 0.115. The van der Waals surface area contributed by atoms with Crippen molar-refractivity contribution in [3.8, 4) is 44.9 Å². The average Bonchev–Trinajstić information content (AvgIpc) is 4.04. The van der Waals surface area contributed by atoms with Crippen molar-refractivity contribution in [2.24, 2.45) is 0 Å². The maximum Gasteiger partial charge on any atom is 0.143 e. The number of rotatable bonds is 2. The molecule has 2 aliphatic rings. The van der Waals surface area contributed by atoms with Crippen molar-refractivity contribution >= 4 is 65.8 Å². The first-order valence-corrected chi connectivity index (χ1v) is 19.4. The Hall–Kier alpha value is -6.78. The summed E-state index contributed by atoms with van der Waals surface area (Å²) in [6.07, 6.45) is 0. The lowest BCUT2D eigenvalue weighted by atomic mass is 9.78. The zero-order chi connectivity index (χ0) is 37.2. The maximum atomic E-state index is 7.09. The van der Waals surface area contributed by atoms with Crippen LogP contribution in [-0.2, 0) is 10.8 Å². The van der Waals surface area contributed by atoms with Gasteiger partial charge in [-0.2, -0.15) is 0 Å². The first-order valence-electron chi connectivity index (χ1n) is 19.4. The van der Waals surface area contributed by atoms with Crippen molar-refractivity contribution in [3.05, 3.63) is 156 Å². The standard InChI is InChI=1S/C52H34O4/c1-51(2)39-25-38-40(26-37(39)49-43(51)35-21-11-19-33(47(35)55-49)31-17-9-15-29-27-13-5-7-23-41(27)53-45(29)31)52(3,4)44-36-22-12-20-34(48(36)56-50(38)44)32-18-10-16-30-28-14-6-8-24-42(28)54-46(30)32/h5-26H,1-4H3. The van der Waals surface area contributed by atoms with Gasteiger partial charge in [-0.15, -0.1) is 0 Å². The van der Waals surface area contributed by atoms with Crippen LogP contribution in [0.2, 0.25) is 0 Å². The van der Waals surface area contributed by atoms with Crippen LogP contribution in [0.3, 0.4) is 0 Å². The highest BCUT2D eigenvalue weighted by molar-refractivity contribution is 6.14. The molecule has 0 aliphatic heterocycles. The highest BCUT2D eigenvalue weighted by Crippen LogP contribution is 2.60. The van der Waals surface area contributed by atoms with Gasteiger partial charge in [-0.1, -0.05) is 137 Å². The van der Waals surface area contributed by atoms with Crippen molar-refractivity contribution in [2.45, 2.75) is 38.5 Å². The molecule has 7 aromatic carbocycles. The number of benzene rings is 7. The first kappa shape index (κ1) is 30.5. The Kier molecular flexibility index (Phi) is 5.50. The Morgan fingerprint density at radius 1 is 0.321 bits per heavy atom. The second kappa shape index (κ2) is 10.1. The second-order valence-corrected chi connectivity index (χ2v) is 16.7. The highest BCUT2D eigenvalue weighted by atomic mass is 16.3. The summed E-state index contributed by atoms with van der Waals surface area (Å²) in [7, 11) is 0. The zero-order valence-electron chi connectivity index (χ0n) is 31.3. The van der Waals surface area contributed by atoms with Crippen LogP contribution >= 0.6 is 0 Å². The maximum absolute atomic E-state index is 7.09. The minimum absolute atomic E-state index is 0.310. The van der Waals surface area contributed by atoms with Gasteiger partial charge in [0, 0.05) is 87.7 Å². The van der Waals surface area contributed by atoms with E-state index >= 15 is 0 Å². The summed E-state index contributed by atoms with van der Waals surface area (Å²) in [6.45, 7) is 9.32. The van der Waals surface area contributed by atoms with Gasteiger partial charge in [-0.05, 0) is 35.4 Å². The van der Waals surface area contributed by atoms with E-state index in [1.54, 1.807) is 0 Å². The quantitative estimate of drug-likeness (QED) is 0.178. The van der Waals surface area contributed by atoms with E-state index in [0.29, 0.717) is 0 Å². The molecule has 4 heterocycles. The highest BCUT2D eigenvalue weighted by Gasteiger charge is 2.46. The molecule has 13 rings (SSSR count). The molecule has 0 saturated carbocycles. The molecule has 11 aromatic rings. The van der Waals surface area contributed by atoms with E-state index in [1.807, 2.05) is 24.3 Å². The predicted octanol–water partition coefficient (Wildman–Crippen LogP) is 14.9. The third-order valence-electron chi connectivity index (χ3n) is 13.1. The monoisotopic (exact) mass is 722 g/mol. The summed E-state index contributed by atoms with van der Waals surface area (Å²) in [5, 5.41) is 6.75. The van der Waals surface area contributed by atoms with Crippen molar-refractivity contribution in [1.29, 1.82) is 0 Å². The topological polar surface area (TPSA) is 52.6 Å². The van der Waals surface area contributed by atoms with Crippen LogP contribution in [0.4, 0.5) is 0 Å². The van der Waals surface area contributed by atoms with E-state index in [9.17, 15) is 0 Å². The summed E-state index contributed by atoms with van der Waals surface area (Å²) < 4.78 is 27.2. The molecule has 0 amide bonds. The van der Waals surface area contributed by atoms with Crippen molar-refractivity contribution in [3.63, 3.8) is 0 Å². The van der Waals surface area contributed by atoms with Gasteiger partial charge in [-0.3, -0.25) is 0 Å². The van der Waals surface area contributed by atoms with Gasteiger partial charge in [0.2, 0.25) is 0 Å². The van der Waals surface area contributed by atoms with Crippen LogP contribution < -0.4 is 0 Å². The molecule has 4 aromatic heterocycles. The van der Waals surface area contributed by atoms with Crippen LogP contribution in [0.25, 0.3) is 111 Å². The van der Waals surface area contributed by atoms with Gasteiger partial charge in [0.15, 0.2) is 0 Å². The lowest BCUT2D eigenvalue weighted by molar-refractivity contribution is 0.617. The number of hydrogen-bond acceptors (Lipinski definition) is 4. The van der Waals surface area contributed by atoms with E-state index in [4.69, 9.17) is 17.7 Å². The number of furan rings is 4. The Morgan fingerprint density at radius 3 is 1.07 bits per heavy atom. The number of hydrogen-bond donors (Lipinski definition) is 0. The van der Waals surface area contributed by atoms with E-state index < -0.39 is 0 Å². The molecule has 0 N–H and O–H groups in total. The van der Waals surface area contributed by atoms with Gasteiger partial charge in [0.1, 0.15) is 45.0 Å². The minimum Gasteiger partial charge on any atom is -0.455 e. The lowest BCUT2D eigenvalue weighted by Gasteiger charge is -2.24. The molecule has 0 saturated heterocycles. The van der Waals surface area contributed by atoms with Crippen molar-refractivity contribution < 1.29 is 17.7 Å². The smallest absolute Gasteiger partial charge is 0.143 e. The summed E-state index contributed by atoms with van der Waals surface area (Å²) in [4.78, 5) is 0. The summed E-state index contributed by atoms with van der Waals surface area (Å²) in [6, 6.07) is 47.2. The van der Waals surface area contributed by atoms with Crippen LogP contribution in [0, 0.1) is 0 Å². The molecule has 4 heteroatoms.